The smallest absolute Gasteiger partial charge is 0.264 e. The monoisotopic (exact) mass is 240 g/mol. The molecule has 0 amide bonds. The highest BCUT2D eigenvalue weighted by molar-refractivity contribution is 6.67. The van der Waals surface area contributed by atoms with Gasteiger partial charge in [-0.15, -0.1) is 0 Å². The maximum absolute atomic E-state index is 12.7. The second kappa shape index (κ2) is 4.18. The second-order valence-corrected chi connectivity index (χ2v) is 3.70. The van der Waals surface area contributed by atoms with Gasteiger partial charge in [0.15, 0.2) is 0 Å². The number of fused-ring (bicyclic) bond motifs is 1. The molecule has 0 aliphatic heterocycles. The predicted molar refractivity (Wildman–Crippen MR) is 59.1 cm³/mol. The van der Waals surface area contributed by atoms with Crippen molar-refractivity contribution in [2.24, 2.45) is 0 Å². The first kappa shape index (κ1) is 11.0. The Hall–Kier alpha value is -1.48. The van der Waals surface area contributed by atoms with Crippen LogP contribution in [0.5, 0.6) is 0 Å². The molecular weight excluding hydrogens is 234 g/mol. The van der Waals surface area contributed by atoms with Gasteiger partial charge in [-0.3, -0.25) is 4.79 Å². The summed E-state index contributed by atoms with van der Waals surface area (Å²) in [5.41, 5.74) is 0.138. The highest BCUT2D eigenvalue weighted by Gasteiger charge is 2.12. The molecule has 2 rings (SSSR count). The van der Waals surface area contributed by atoms with E-state index in [4.69, 9.17) is 11.6 Å². The van der Waals surface area contributed by atoms with E-state index in [1.807, 2.05) is 0 Å². The molecule has 0 aliphatic carbocycles. The molecule has 0 atom stereocenters. The molecule has 0 aliphatic rings. The summed E-state index contributed by atoms with van der Waals surface area (Å²) < 4.78 is 25.4. The molecule has 16 heavy (non-hydrogen) atoms. The van der Waals surface area contributed by atoms with Crippen molar-refractivity contribution in [3.63, 3.8) is 0 Å². The van der Waals surface area contributed by atoms with E-state index in [0.29, 0.717) is 10.8 Å². The second-order valence-electron chi connectivity index (χ2n) is 3.36. The highest BCUT2D eigenvalue weighted by Crippen LogP contribution is 2.28. The molecule has 0 fully saturated rings. The van der Waals surface area contributed by atoms with Gasteiger partial charge in [-0.05, 0) is 34.5 Å². The number of rotatable bonds is 2. The Morgan fingerprint density at radius 3 is 2.56 bits per heavy atom. The molecule has 0 N–H and O–H groups in total. The summed E-state index contributed by atoms with van der Waals surface area (Å²) in [6.45, 7) is 0. The Kier molecular flexibility index (Phi) is 2.88. The van der Waals surface area contributed by atoms with Crippen LogP contribution in [0.2, 0.25) is 0 Å². The summed E-state index contributed by atoms with van der Waals surface area (Å²) in [6.07, 6.45) is -2.57. The van der Waals surface area contributed by atoms with Crippen molar-refractivity contribution in [2.75, 3.05) is 0 Å². The van der Waals surface area contributed by atoms with E-state index in [-0.39, 0.29) is 11.1 Å². The van der Waals surface area contributed by atoms with Crippen LogP contribution in [0.3, 0.4) is 0 Å². The Bertz CT molecular complexity index is 552. The largest absolute Gasteiger partial charge is 0.276 e. The van der Waals surface area contributed by atoms with E-state index in [2.05, 4.69) is 0 Å². The molecule has 4 heteroatoms. The maximum atomic E-state index is 12.7. The van der Waals surface area contributed by atoms with Gasteiger partial charge >= 0.3 is 0 Å². The zero-order chi connectivity index (χ0) is 11.7. The summed E-state index contributed by atoms with van der Waals surface area (Å²) >= 11 is 5.31. The van der Waals surface area contributed by atoms with E-state index < -0.39 is 11.7 Å². The third-order valence-electron chi connectivity index (χ3n) is 2.38. The van der Waals surface area contributed by atoms with Gasteiger partial charge in [-0.1, -0.05) is 24.3 Å². The zero-order valence-electron chi connectivity index (χ0n) is 8.08. The third kappa shape index (κ3) is 1.91. The molecule has 0 aromatic heterocycles. The summed E-state index contributed by atoms with van der Waals surface area (Å²) in [7, 11) is 0. The molecule has 0 bridgehead atoms. The minimum atomic E-state index is -2.57. The van der Waals surface area contributed by atoms with E-state index in [0.717, 1.165) is 0 Å². The minimum Gasteiger partial charge on any atom is -0.276 e. The van der Waals surface area contributed by atoms with Crippen LogP contribution in [0.4, 0.5) is 8.78 Å². The zero-order valence-corrected chi connectivity index (χ0v) is 8.84. The van der Waals surface area contributed by atoms with Gasteiger partial charge in [0.05, 0.1) is 0 Å². The molecule has 2 aromatic rings. The number of alkyl halides is 2. The number of benzene rings is 2. The Balaban J connectivity index is 2.73. The topological polar surface area (TPSA) is 17.1 Å². The van der Waals surface area contributed by atoms with Crippen molar-refractivity contribution in [2.45, 2.75) is 6.43 Å². The van der Waals surface area contributed by atoms with Crippen LogP contribution in [0.1, 0.15) is 22.3 Å². The molecule has 0 heterocycles. The van der Waals surface area contributed by atoms with Crippen molar-refractivity contribution in [3.8, 4) is 0 Å². The molecule has 1 nitrogen and oxygen atoms in total. The van der Waals surface area contributed by atoms with Crippen LogP contribution < -0.4 is 0 Å². The normalized spacial score (nSPS) is 11.0. The fourth-order valence-corrected chi connectivity index (χ4v) is 1.73. The van der Waals surface area contributed by atoms with Gasteiger partial charge in [0.2, 0.25) is 0 Å². The Morgan fingerprint density at radius 2 is 1.94 bits per heavy atom. The van der Waals surface area contributed by atoms with Crippen molar-refractivity contribution in [3.05, 3.63) is 47.5 Å². The highest BCUT2D eigenvalue weighted by atomic mass is 35.5. The van der Waals surface area contributed by atoms with Crippen LogP contribution in [0, 0.1) is 0 Å². The Labute approximate surface area is 95.6 Å². The summed E-state index contributed by atoms with van der Waals surface area (Å²) in [5.74, 6) is 0. The fourth-order valence-electron chi connectivity index (χ4n) is 1.61. The van der Waals surface area contributed by atoms with Crippen LogP contribution >= 0.6 is 11.6 Å². The first-order valence-corrected chi connectivity index (χ1v) is 4.98. The average molecular weight is 241 g/mol. The quantitative estimate of drug-likeness (QED) is 0.721. The molecule has 0 radical (unpaired) electrons. The number of halogens is 3. The minimum absolute atomic E-state index is 0.0859. The first-order chi connectivity index (χ1) is 7.59. The van der Waals surface area contributed by atoms with E-state index >= 15 is 0 Å². The fraction of sp³-hybridized carbons (Fsp3) is 0.0833. The molecule has 2 aromatic carbocycles. The number of carbonyl (C=O) groups excluding carboxylic acids is 1. The summed E-state index contributed by atoms with van der Waals surface area (Å²) in [6, 6.07) is 9.14. The van der Waals surface area contributed by atoms with Crippen molar-refractivity contribution >= 4 is 27.6 Å². The van der Waals surface area contributed by atoms with E-state index in [1.54, 1.807) is 18.2 Å². The first-order valence-electron chi connectivity index (χ1n) is 4.60. The van der Waals surface area contributed by atoms with Crippen molar-refractivity contribution < 1.29 is 13.6 Å². The van der Waals surface area contributed by atoms with Crippen LogP contribution in [-0.4, -0.2) is 5.24 Å². The molecule has 0 saturated carbocycles. The van der Waals surface area contributed by atoms with E-state index in [9.17, 15) is 13.6 Å². The van der Waals surface area contributed by atoms with Gasteiger partial charge in [-0.25, -0.2) is 8.78 Å². The maximum Gasteiger partial charge on any atom is 0.264 e. The number of hydrogen-bond acceptors (Lipinski definition) is 1. The lowest BCUT2D eigenvalue weighted by molar-refractivity contribution is 0.108. The molecule has 0 saturated heterocycles. The summed E-state index contributed by atoms with van der Waals surface area (Å²) in [5, 5.41) is 0.384. The van der Waals surface area contributed by atoms with Gasteiger partial charge < -0.3 is 0 Å². The molecular formula is C12H7ClF2O. The van der Waals surface area contributed by atoms with Crippen molar-refractivity contribution in [1.29, 1.82) is 0 Å². The molecule has 0 spiro atoms. The SMILES string of the molecule is O=C(Cl)c1ccc2cccc(C(F)F)c2c1. The third-order valence-corrected chi connectivity index (χ3v) is 2.60. The Morgan fingerprint density at radius 1 is 1.19 bits per heavy atom. The lowest BCUT2D eigenvalue weighted by atomic mass is 10.0. The van der Waals surface area contributed by atoms with E-state index in [1.165, 1.54) is 18.2 Å². The van der Waals surface area contributed by atoms with Crippen molar-refractivity contribution in [1.82, 2.24) is 0 Å². The number of hydrogen-bond donors (Lipinski definition) is 0. The van der Waals surface area contributed by atoms with Gasteiger partial charge in [-0.2, -0.15) is 0 Å². The van der Waals surface area contributed by atoms with Crippen LogP contribution in [-0.2, 0) is 0 Å². The van der Waals surface area contributed by atoms with Crippen LogP contribution in [0.25, 0.3) is 10.8 Å². The van der Waals surface area contributed by atoms with Gasteiger partial charge in [0.1, 0.15) is 0 Å². The standard InChI is InChI=1S/C12H7ClF2O/c13-11(16)8-5-4-7-2-1-3-9(12(14)15)10(7)6-8/h1-6,12H. The molecule has 82 valence electrons. The van der Waals surface area contributed by atoms with Gasteiger partial charge in [0, 0.05) is 11.1 Å². The number of carbonyl (C=O) groups is 1. The lowest BCUT2D eigenvalue weighted by Crippen LogP contribution is -1.91. The molecule has 0 unspecified atom stereocenters. The van der Waals surface area contributed by atoms with Crippen LogP contribution in [0.15, 0.2) is 36.4 Å². The average Bonchev–Trinajstić information content (AvgIpc) is 2.27. The van der Waals surface area contributed by atoms with Gasteiger partial charge in [0.25, 0.3) is 11.7 Å². The summed E-state index contributed by atoms with van der Waals surface area (Å²) in [4.78, 5) is 10.9. The lowest BCUT2D eigenvalue weighted by Gasteiger charge is -2.06. The predicted octanol–water partition coefficient (Wildman–Crippen LogP) is 4.16.